The highest BCUT2D eigenvalue weighted by Crippen LogP contribution is 2.23. The molecule has 4 nitrogen and oxygen atoms in total. The standard InChI is InChI=1S/C22H31NO3S/c1-16-8-9-17(14-20(16)26-3)6-4-5-7-19(25)21-11-10-18(27-21)12-13-22(2,23)15-24/h8-11,14,24H,4-7,12-13,15,23H2,1-3H3. The summed E-state index contributed by atoms with van der Waals surface area (Å²) in [5, 5.41) is 9.23. The van der Waals surface area contributed by atoms with Crippen LogP contribution in [0.3, 0.4) is 0 Å². The van der Waals surface area contributed by atoms with Crippen molar-refractivity contribution in [3.05, 3.63) is 51.2 Å². The summed E-state index contributed by atoms with van der Waals surface area (Å²) >= 11 is 1.55. The molecule has 0 radical (unpaired) electrons. The number of nitrogens with two attached hydrogens (primary N) is 1. The number of rotatable bonds is 11. The van der Waals surface area contributed by atoms with Gasteiger partial charge in [-0.2, -0.15) is 0 Å². The lowest BCUT2D eigenvalue weighted by molar-refractivity contribution is 0.0983. The second-order valence-corrected chi connectivity index (χ2v) is 8.68. The molecule has 0 amide bonds. The SMILES string of the molecule is COc1cc(CCCCC(=O)c2ccc(CCC(C)(N)CO)s2)ccc1C. The van der Waals surface area contributed by atoms with Gasteiger partial charge in [-0.3, -0.25) is 4.79 Å². The minimum absolute atomic E-state index is 0.0307. The molecule has 3 N–H and O–H groups in total. The average molecular weight is 390 g/mol. The Morgan fingerprint density at radius 1 is 1.22 bits per heavy atom. The average Bonchev–Trinajstić information content (AvgIpc) is 3.14. The molecule has 2 rings (SSSR count). The Balaban J connectivity index is 1.76. The number of Topliss-reactive ketones (excluding diaryl/α,β-unsaturated/α-hetero) is 1. The van der Waals surface area contributed by atoms with Gasteiger partial charge in [0.15, 0.2) is 5.78 Å². The van der Waals surface area contributed by atoms with Crippen molar-refractivity contribution < 1.29 is 14.6 Å². The number of aliphatic hydroxyl groups is 1. The highest BCUT2D eigenvalue weighted by atomic mass is 32.1. The molecule has 1 aromatic heterocycles. The van der Waals surface area contributed by atoms with E-state index in [1.165, 1.54) is 5.56 Å². The van der Waals surface area contributed by atoms with E-state index >= 15 is 0 Å². The summed E-state index contributed by atoms with van der Waals surface area (Å²) in [5.74, 6) is 1.13. The molecular weight excluding hydrogens is 358 g/mol. The van der Waals surface area contributed by atoms with E-state index < -0.39 is 5.54 Å². The van der Waals surface area contributed by atoms with Crippen molar-refractivity contribution in [3.8, 4) is 5.75 Å². The van der Waals surface area contributed by atoms with Gasteiger partial charge in [-0.05, 0) is 75.3 Å². The fraction of sp³-hybridized carbons (Fsp3) is 0.500. The maximum Gasteiger partial charge on any atom is 0.172 e. The highest BCUT2D eigenvalue weighted by Gasteiger charge is 2.17. The Morgan fingerprint density at radius 3 is 2.70 bits per heavy atom. The zero-order valence-electron chi connectivity index (χ0n) is 16.6. The Kier molecular flexibility index (Phi) is 8.02. The topological polar surface area (TPSA) is 72.5 Å². The number of ether oxygens (including phenoxy) is 1. The first-order valence-corrected chi connectivity index (χ1v) is 10.3. The number of unbranched alkanes of at least 4 members (excludes halogenated alkanes) is 1. The monoisotopic (exact) mass is 389 g/mol. The quantitative estimate of drug-likeness (QED) is 0.444. The van der Waals surface area contributed by atoms with Crippen molar-refractivity contribution in [2.24, 2.45) is 5.73 Å². The normalized spacial score (nSPS) is 13.4. The van der Waals surface area contributed by atoms with Gasteiger partial charge >= 0.3 is 0 Å². The number of carbonyl (C=O) groups is 1. The molecule has 0 saturated heterocycles. The van der Waals surface area contributed by atoms with Gasteiger partial charge in [0.05, 0.1) is 18.6 Å². The Morgan fingerprint density at radius 2 is 2.00 bits per heavy atom. The molecule has 1 atom stereocenters. The molecule has 0 saturated carbocycles. The van der Waals surface area contributed by atoms with Gasteiger partial charge in [0, 0.05) is 16.8 Å². The van der Waals surface area contributed by atoms with E-state index in [-0.39, 0.29) is 12.4 Å². The summed E-state index contributed by atoms with van der Waals surface area (Å²) in [7, 11) is 1.69. The van der Waals surface area contributed by atoms with Crippen molar-refractivity contribution in [2.75, 3.05) is 13.7 Å². The molecule has 0 aliphatic rings. The Bertz CT molecular complexity index is 752. The first-order valence-electron chi connectivity index (χ1n) is 9.50. The number of benzene rings is 1. The molecule has 0 aliphatic carbocycles. The fourth-order valence-corrected chi connectivity index (χ4v) is 3.88. The number of aryl methyl sites for hydroxylation is 3. The molecule has 0 spiro atoms. The maximum atomic E-state index is 12.4. The number of methoxy groups -OCH3 is 1. The largest absolute Gasteiger partial charge is 0.496 e. The van der Waals surface area contributed by atoms with Crippen LogP contribution in [0, 0.1) is 6.92 Å². The molecule has 2 aromatic rings. The molecule has 148 valence electrons. The summed E-state index contributed by atoms with van der Waals surface area (Å²) in [4.78, 5) is 14.4. The van der Waals surface area contributed by atoms with Crippen molar-refractivity contribution in [3.63, 3.8) is 0 Å². The van der Waals surface area contributed by atoms with E-state index in [4.69, 9.17) is 10.5 Å². The molecule has 0 aliphatic heterocycles. The van der Waals surface area contributed by atoms with Crippen LogP contribution in [-0.2, 0) is 12.8 Å². The number of aliphatic hydroxyl groups excluding tert-OH is 1. The molecular formula is C22H31NO3S. The van der Waals surface area contributed by atoms with Gasteiger partial charge in [-0.25, -0.2) is 0 Å². The zero-order chi connectivity index (χ0) is 19.9. The van der Waals surface area contributed by atoms with E-state index in [0.717, 1.165) is 46.8 Å². The van der Waals surface area contributed by atoms with Gasteiger partial charge in [0.1, 0.15) is 5.75 Å². The van der Waals surface area contributed by atoms with E-state index in [1.807, 2.05) is 26.0 Å². The lowest BCUT2D eigenvalue weighted by atomic mass is 9.98. The van der Waals surface area contributed by atoms with E-state index in [2.05, 4.69) is 18.2 Å². The number of hydrogen-bond acceptors (Lipinski definition) is 5. The third kappa shape index (κ3) is 6.76. The maximum absolute atomic E-state index is 12.4. The van der Waals surface area contributed by atoms with E-state index in [9.17, 15) is 9.90 Å². The fourth-order valence-electron chi connectivity index (χ4n) is 2.91. The minimum atomic E-state index is -0.563. The van der Waals surface area contributed by atoms with Crippen molar-refractivity contribution in [1.29, 1.82) is 0 Å². The highest BCUT2D eigenvalue weighted by molar-refractivity contribution is 7.14. The van der Waals surface area contributed by atoms with Crippen LogP contribution < -0.4 is 10.5 Å². The van der Waals surface area contributed by atoms with Gasteiger partial charge in [-0.15, -0.1) is 11.3 Å². The second-order valence-electron chi connectivity index (χ2n) is 7.51. The van der Waals surface area contributed by atoms with Gasteiger partial charge in [0.2, 0.25) is 0 Å². The molecule has 0 bridgehead atoms. The van der Waals surface area contributed by atoms with Crippen LogP contribution in [0.15, 0.2) is 30.3 Å². The zero-order valence-corrected chi connectivity index (χ0v) is 17.4. The van der Waals surface area contributed by atoms with Crippen molar-refractivity contribution >= 4 is 17.1 Å². The van der Waals surface area contributed by atoms with Gasteiger partial charge in [0.25, 0.3) is 0 Å². The van der Waals surface area contributed by atoms with Crippen molar-refractivity contribution in [2.45, 2.75) is 57.9 Å². The van der Waals surface area contributed by atoms with E-state index in [0.29, 0.717) is 12.8 Å². The number of ketones is 1. The Labute approximate surface area is 166 Å². The van der Waals surface area contributed by atoms with Crippen molar-refractivity contribution in [1.82, 2.24) is 0 Å². The van der Waals surface area contributed by atoms with Crippen LogP contribution >= 0.6 is 11.3 Å². The Hall–Kier alpha value is -1.69. The molecule has 5 heteroatoms. The first-order chi connectivity index (χ1) is 12.8. The molecule has 0 fully saturated rings. The van der Waals surface area contributed by atoms with Crippen LogP contribution in [0.4, 0.5) is 0 Å². The van der Waals surface area contributed by atoms with E-state index in [1.54, 1.807) is 18.4 Å². The molecule has 1 unspecified atom stereocenters. The summed E-state index contributed by atoms with van der Waals surface area (Å²) in [6.07, 6.45) is 4.90. The first kappa shape index (κ1) is 21.6. The predicted octanol–water partition coefficient (Wildman–Crippen LogP) is 4.30. The van der Waals surface area contributed by atoms with Crippen LogP contribution in [0.25, 0.3) is 0 Å². The summed E-state index contributed by atoms with van der Waals surface area (Å²) in [6, 6.07) is 10.2. The lowest BCUT2D eigenvalue weighted by Gasteiger charge is -2.20. The summed E-state index contributed by atoms with van der Waals surface area (Å²) in [6.45, 7) is 3.85. The van der Waals surface area contributed by atoms with Crippen LogP contribution in [0.1, 0.15) is 58.3 Å². The van der Waals surface area contributed by atoms with Crippen LogP contribution in [0.5, 0.6) is 5.75 Å². The summed E-state index contributed by atoms with van der Waals surface area (Å²) < 4.78 is 5.36. The number of carbonyl (C=O) groups excluding carboxylic acids is 1. The minimum Gasteiger partial charge on any atom is -0.496 e. The molecule has 1 aromatic carbocycles. The molecule has 27 heavy (non-hydrogen) atoms. The van der Waals surface area contributed by atoms with Gasteiger partial charge in [-0.1, -0.05) is 12.1 Å². The smallest absolute Gasteiger partial charge is 0.172 e. The second kappa shape index (κ2) is 10.0. The van der Waals surface area contributed by atoms with Gasteiger partial charge < -0.3 is 15.6 Å². The number of thiophene rings is 1. The number of hydrogen-bond donors (Lipinski definition) is 2. The third-order valence-electron chi connectivity index (χ3n) is 4.83. The molecule has 1 heterocycles. The summed E-state index contributed by atoms with van der Waals surface area (Å²) in [5.41, 5.74) is 7.79. The lowest BCUT2D eigenvalue weighted by Crippen LogP contribution is -2.40. The third-order valence-corrected chi connectivity index (χ3v) is 6.02. The van der Waals surface area contributed by atoms with Crippen LogP contribution in [-0.4, -0.2) is 30.1 Å². The predicted molar refractivity (Wildman–Crippen MR) is 112 cm³/mol. The van der Waals surface area contributed by atoms with Crippen LogP contribution in [0.2, 0.25) is 0 Å².